The number of ether oxygens (including phenoxy) is 1. The van der Waals surface area contributed by atoms with Crippen LogP contribution in [0.15, 0.2) is 22.6 Å². The van der Waals surface area contributed by atoms with E-state index < -0.39 is 35.6 Å². The monoisotopic (exact) mass is 491 g/mol. The first-order valence-electron chi connectivity index (χ1n) is 12.2. The summed E-state index contributed by atoms with van der Waals surface area (Å²) in [5, 5.41) is 24.5. The molecular weight excluding hydrogens is 450 g/mol. The van der Waals surface area contributed by atoms with Gasteiger partial charge in [0.1, 0.15) is 11.9 Å². The lowest BCUT2D eigenvalue weighted by atomic mass is 9.73. The molecule has 0 radical (unpaired) electrons. The molecule has 0 spiro atoms. The molecule has 2 N–H and O–H groups in total. The molecule has 1 aliphatic heterocycles. The normalized spacial score (nSPS) is 32.1. The van der Waals surface area contributed by atoms with Crippen molar-refractivity contribution in [1.82, 2.24) is 4.98 Å². The van der Waals surface area contributed by atoms with Crippen LogP contribution in [0.1, 0.15) is 84.3 Å². The highest BCUT2D eigenvalue weighted by Crippen LogP contribution is 2.32. The lowest BCUT2D eigenvalue weighted by Crippen LogP contribution is -2.45. The summed E-state index contributed by atoms with van der Waals surface area (Å²) in [5.41, 5.74) is 1.71. The molecule has 6 nitrogen and oxygen atoms in total. The smallest absolute Gasteiger partial charge is 0.309 e. The first-order chi connectivity index (χ1) is 15.8. The summed E-state index contributed by atoms with van der Waals surface area (Å²) in [6, 6.07) is 0. The van der Waals surface area contributed by atoms with E-state index >= 15 is 0 Å². The molecule has 1 aromatic rings. The van der Waals surface area contributed by atoms with Crippen molar-refractivity contribution < 1.29 is 24.5 Å². The summed E-state index contributed by atoms with van der Waals surface area (Å²) in [5.74, 6) is -1.49. The van der Waals surface area contributed by atoms with Gasteiger partial charge in [0.25, 0.3) is 0 Å². The van der Waals surface area contributed by atoms with Crippen LogP contribution in [-0.2, 0) is 14.3 Å². The Labute approximate surface area is 208 Å². The zero-order valence-electron chi connectivity index (χ0n) is 21.6. The van der Waals surface area contributed by atoms with Crippen LogP contribution in [-0.4, -0.2) is 45.3 Å². The predicted molar refractivity (Wildman–Crippen MR) is 136 cm³/mol. The molecule has 5 atom stereocenters. The Bertz CT molecular complexity index is 916. The number of rotatable bonds is 2. The van der Waals surface area contributed by atoms with E-state index in [1.807, 2.05) is 32.2 Å². The van der Waals surface area contributed by atoms with Crippen LogP contribution >= 0.6 is 11.3 Å². The first-order valence-corrected chi connectivity index (χ1v) is 13.1. The van der Waals surface area contributed by atoms with Gasteiger partial charge in [0.2, 0.25) is 0 Å². The summed E-state index contributed by atoms with van der Waals surface area (Å²) >= 11 is 1.56. The van der Waals surface area contributed by atoms with Crippen LogP contribution in [0, 0.1) is 24.2 Å². The Hall–Kier alpha value is -1.83. The molecule has 0 saturated carbocycles. The predicted octanol–water partition coefficient (Wildman–Crippen LogP) is 5.27. The number of carbonyl (C=O) groups excluding carboxylic acids is 2. The lowest BCUT2D eigenvalue weighted by molar-refractivity contribution is -0.154. The Balaban J connectivity index is 2.33. The number of carbonyl (C=O) groups is 2. The van der Waals surface area contributed by atoms with Gasteiger partial charge in [0, 0.05) is 17.7 Å². The number of Topliss-reactive ketones (excluding diaryl/α,β-unsaturated/α-hetero) is 1. The SMILES string of the molecule is C/C1=C/C[C@@H](/C(C)=C/c2csc(C)n2)OC(=O)CC(O)C(C)(C)C(=O)C(C)[C@@H](O)C(C)CCC1. The minimum absolute atomic E-state index is 0.0444. The molecule has 0 fully saturated rings. The minimum Gasteiger partial charge on any atom is -0.457 e. The van der Waals surface area contributed by atoms with Crippen molar-refractivity contribution in [2.45, 2.75) is 98.9 Å². The number of aryl methyl sites for hydroxylation is 1. The zero-order valence-corrected chi connectivity index (χ0v) is 22.4. The quantitative estimate of drug-likeness (QED) is 0.432. The third kappa shape index (κ3) is 7.59. The second kappa shape index (κ2) is 12.2. The van der Waals surface area contributed by atoms with Crippen molar-refractivity contribution in [2.75, 3.05) is 0 Å². The topological polar surface area (TPSA) is 96.7 Å². The van der Waals surface area contributed by atoms with E-state index in [1.54, 1.807) is 32.1 Å². The van der Waals surface area contributed by atoms with Gasteiger partial charge in [0.05, 0.1) is 34.7 Å². The third-order valence-corrected chi connectivity index (χ3v) is 7.83. The fourth-order valence-corrected chi connectivity index (χ4v) is 4.97. The van der Waals surface area contributed by atoms with Gasteiger partial charge < -0.3 is 14.9 Å². The second-order valence-corrected chi connectivity index (χ2v) is 11.5. The molecule has 1 aromatic heterocycles. The first kappa shape index (κ1) is 28.4. The highest BCUT2D eigenvalue weighted by Gasteiger charge is 2.42. The summed E-state index contributed by atoms with van der Waals surface area (Å²) in [7, 11) is 0. The largest absolute Gasteiger partial charge is 0.457 e. The fourth-order valence-electron chi connectivity index (χ4n) is 4.40. The van der Waals surface area contributed by atoms with E-state index in [0.29, 0.717) is 6.42 Å². The van der Waals surface area contributed by atoms with Crippen LogP contribution in [0.3, 0.4) is 0 Å². The van der Waals surface area contributed by atoms with Gasteiger partial charge in [0.15, 0.2) is 0 Å². The molecule has 2 rings (SSSR count). The number of allylic oxidation sites excluding steroid dienone is 1. The number of cyclic esters (lactones) is 1. The van der Waals surface area contributed by atoms with E-state index in [-0.39, 0.29) is 18.1 Å². The number of nitrogens with zero attached hydrogens (tertiary/aromatic N) is 1. The van der Waals surface area contributed by atoms with Crippen LogP contribution in [0.4, 0.5) is 0 Å². The van der Waals surface area contributed by atoms with Gasteiger partial charge in [-0.2, -0.15) is 0 Å². The summed E-state index contributed by atoms with van der Waals surface area (Å²) in [4.78, 5) is 30.5. The standard InChI is InChI=1S/C27H41NO5S/c1-16-9-8-10-17(2)25(31)19(4)26(32)27(6,7)23(29)14-24(30)33-22(12-11-16)18(3)13-21-15-34-20(5)28-21/h11,13,15,17,19,22-23,25,29,31H,8-10,12,14H2,1-7H3/b16-11-,18-13+/t17?,19?,22-,23?,25-/m0/s1. The Morgan fingerprint density at radius 1 is 1.24 bits per heavy atom. The molecule has 34 heavy (non-hydrogen) atoms. The maximum absolute atomic E-state index is 13.2. The van der Waals surface area contributed by atoms with Crippen LogP contribution in [0.2, 0.25) is 0 Å². The maximum atomic E-state index is 13.2. The van der Waals surface area contributed by atoms with E-state index in [0.717, 1.165) is 35.5 Å². The Morgan fingerprint density at radius 3 is 2.53 bits per heavy atom. The number of aliphatic hydroxyl groups is 2. The Morgan fingerprint density at radius 2 is 1.91 bits per heavy atom. The molecule has 0 saturated heterocycles. The minimum atomic E-state index is -1.21. The molecule has 0 aliphatic carbocycles. The molecule has 0 aromatic carbocycles. The van der Waals surface area contributed by atoms with E-state index in [9.17, 15) is 19.8 Å². The van der Waals surface area contributed by atoms with Crippen molar-refractivity contribution in [2.24, 2.45) is 17.3 Å². The number of aromatic nitrogens is 1. The number of aliphatic hydroxyl groups excluding tert-OH is 2. The molecular formula is C27H41NO5S. The molecule has 2 heterocycles. The number of ketones is 1. The molecule has 0 bridgehead atoms. The van der Waals surface area contributed by atoms with Crippen molar-refractivity contribution >= 4 is 29.2 Å². The molecule has 190 valence electrons. The average Bonchev–Trinajstić information content (AvgIpc) is 3.18. The van der Waals surface area contributed by atoms with E-state index in [2.05, 4.69) is 18.0 Å². The number of thiazole rings is 1. The van der Waals surface area contributed by atoms with Crippen molar-refractivity contribution in [1.29, 1.82) is 0 Å². The maximum Gasteiger partial charge on any atom is 0.309 e. The van der Waals surface area contributed by atoms with Crippen molar-refractivity contribution in [3.8, 4) is 0 Å². The van der Waals surface area contributed by atoms with Gasteiger partial charge in [-0.25, -0.2) is 4.98 Å². The van der Waals surface area contributed by atoms with Gasteiger partial charge in [-0.15, -0.1) is 11.3 Å². The number of esters is 1. The lowest BCUT2D eigenvalue weighted by Gasteiger charge is -2.34. The number of hydrogen-bond donors (Lipinski definition) is 2. The zero-order chi connectivity index (χ0) is 25.6. The van der Waals surface area contributed by atoms with E-state index in [1.165, 1.54) is 5.57 Å². The van der Waals surface area contributed by atoms with Gasteiger partial charge in [-0.1, -0.05) is 39.3 Å². The highest BCUT2D eigenvalue weighted by molar-refractivity contribution is 7.09. The molecule has 3 unspecified atom stereocenters. The van der Waals surface area contributed by atoms with Crippen molar-refractivity contribution in [3.63, 3.8) is 0 Å². The number of hydrogen-bond acceptors (Lipinski definition) is 7. The van der Waals surface area contributed by atoms with Crippen LogP contribution in [0.5, 0.6) is 0 Å². The van der Waals surface area contributed by atoms with Gasteiger partial charge in [-0.05, 0) is 57.6 Å². The highest BCUT2D eigenvalue weighted by atomic mass is 32.1. The summed E-state index contributed by atoms with van der Waals surface area (Å²) < 4.78 is 5.81. The van der Waals surface area contributed by atoms with Gasteiger partial charge >= 0.3 is 5.97 Å². The fraction of sp³-hybridized carbons (Fsp3) is 0.667. The Kier molecular flexibility index (Phi) is 10.2. The summed E-state index contributed by atoms with van der Waals surface area (Å²) in [6.45, 7) is 12.8. The van der Waals surface area contributed by atoms with Gasteiger partial charge in [-0.3, -0.25) is 9.59 Å². The van der Waals surface area contributed by atoms with Crippen LogP contribution < -0.4 is 0 Å². The second-order valence-electron chi connectivity index (χ2n) is 10.4. The van der Waals surface area contributed by atoms with Crippen LogP contribution in [0.25, 0.3) is 6.08 Å². The molecule has 1 aliphatic rings. The average molecular weight is 492 g/mol. The summed E-state index contributed by atoms with van der Waals surface area (Å²) in [6.07, 6.45) is 4.33. The van der Waals surface area contributed by atoms with E-state index in [4.69, 9.17) is 4.74 Å². The van der Waals surface area contributed by atoms with Crippen molar-refractivity contribution in [3.05, 3.63) is 33.3 Å². The third-order valence-electron chi connectivity index (χ3n) is 7.04. The molecule has 7 heteroatoms. The molecule has 0 amide bonds.